The number of hydrogen-bond acceptors (Lipinski definition) is 2. The van der Waals surface area contributed by atoms with E-state index in [2.05, 4.69) is 53.0 Å². The molecule has 0 saturated carbocycles. The van der Waals surface area contributed by atoms with Crippen LogP contribution in [0.3, 0.4) is 0 Å². The SMILES string of the molecule is CCc1cccc2ccn(Cc3ccnc(C#N)c3)c12. The van der Waals surface area contributed by atoms with Gasteiger partial charge in [0, 0.05) is 18.9 Å². The van der Waals surface area contributed by atoms with Gasteiger partial charge in [-0.25, -0.2) is 4.98 Å². The molecule has 3 heteroatoms. The highest BCUT2D eigenvalue weighted by atomic mass is 15.0. The molecule has 0 saturated heterocycles. The van der Waals surface area contributed by atoms with E-state index in [4.69, 9.17) is 5.26 Å². The number of aromatic nitrogens is 2. The zero-order valence-corrected chi connectivity index (χ0v) is 11.4. The number of pyridine rings is 1. The molecule has 3 rings (SSSR count). The van der Waals surface area contributed by atoms with Crippen molar-refractivity contribution in [1.29, 1.82) is 5.26 Å². The van der Waals surface area contributed by atoms with E-state index in [0.29, 0.717) is 5.69 Å². The molecule has 0 bridgehead atoms. The molecule has 3 aromatic rings. The van der Waals surface area contributed by atoms with E-state index in [1.807, 2.05) is 12.1 Å². The highest BCUT2D eigenvalue weighted by Crippen LogP contribution is 2.22. The predicted molar refractivity (Wildman–Crippen MR) is 79.4 cm³/mol. The Kier molecular flexibility index (Phi) is 3.22. The van der Waals surface area contributed by atoms with Gasteiger partial charge < -0.3 is 4.57 Å². The van der Waals surface area contributed by atoms with Crippen molar-refractivity contribution in [3.05, 3.63) is 65.6 Å². The van der Waals surface area contributed by atoms with Gasteiger partial charge in [-0.15, -0.1) is 0 Å². The number of aryl methyl sites for hydroxylation is 1. The van der Waals surface area contributed by atoms with Crippen molar-refractivity contribution in [2.24, 2.45) is 0 Å². The van der Waals surface area contributed by atoms with Gasteiger partial charge in [0.05, 0.1) is 5.52 Å². The van der Waals surface area contributed by atoms with Gasteiger partial charge in [-0.3, -0.25) is 0 Å². The third-order valence-electron chi connectivity index (χ3n) is 3.54. The van der Waals surface area contributed by atoms with E-state index in [-0.39, 0.29) is 0 Å². The molecule has 0 radical (unpaired) electrons. The summed E-state index contributed by atoms with van der Waals surface area (Å²) >= 11 is 0. The van der Waals surface area contributed by atoms with Crippen molar-refractivity contribution >= 4 is 10.9 Å². The van der Waals surface area contributed by atoms with Crippen molar-refractivity contribution in [1.82, 2.24) is 9.55 Å². The quantitative estimate of drug-likeness (QED) is 0.724. The molecule has 1 aromatic carbocycles. The molecule has 98 valence electrons. The maximum absolute atomic E-state index is 8.92. The van der Waals surface area contributed by atoms with Crippen molar-refractivity contribution in [3.8, 4) is 6.07 Å². The van der Waals surface area contributed by atoms with Crippen molar-refractivity contribution in [3.63, 3.8) is 0 Å². The zero-order chi connectivity index (χ0) is 13.9. The van der Waals surface area contributed by atoms with Crippen molar-refractivity contribution in [2.75, 3.05) is 0 Å². The molecule has 0 fully saturated rings. The molecule has 2 heterocycles. The van der Waals surface area contributed by atoms with Crippen LogP contribution in [0.15, 0.2) is 48.8 Å². The maximum Gasteiger partial charge on any atom is 0.140 e. The molecule has 20 heavy (non-hydrogen) atoms. The Balaban J connectivity index is 2.05. The maximum atomic E-state index is 8.92. The molecular weight excluding hydrogens is 246 g/mol. The second-order valence-electron chi connectivity index (χ2n) is 4.81. The van der Waals surface area contributed by atoms with Crippen LogP contribution in [0.2, 0.25) is 0 Å². The lowest BCUT2D eigenvalue weighted by Crippen LogP contribution is -2.00. The summed E-state index contributed by atoms with van der Waals surface area (Å²) in [7, 11) is 0. The average Bonchev–Trinajstić information content (AvgIpc) is 2.90. The predicted octanol–water partition coefficient (Wildman–Crippen LogP) is 3.52. The molecule has 0 amide bonds. The van der Waals surface area contributed by atoms with Gasteiger partial charge in [-0.2, -0.15) is 5.26 Å². The Labute approximate surface area is 118 Å². The Morgan fingerprint density at radius 2 is 2.15 bits per heavy atom. The monoisotopic (exact) mass is 261 g/mol. The van der Waals surface area contributed by atoms with E-state index in [1.54, 1.807) is 6.20 Å². The van der Waals surface area contributed by atoms with Gasteiger partial charge in [0.15, 0.2) is 0 Å². The van der Waals surface area contributed by atoms with Crippen LogP contribution in [0.5, 0.6) is 0 Å². The summed E-state index contributed by atoms with van der Waals surface area (Å²) in [6.07, 6.45) is 4.82. The van der Waals surface area contributed by atoms with Crippen LogP contribution < -0.4 is 0 Å². The van der Waals surface area contributed by atoms with Gasteiger partial charge >= 0.3 is 0 Å². The van der Waals surface area contributed by atoms with Crippen LogP contribution in [0.4, 0.5) is 0 Å². The number of rotatable bonds is 3. The molecule has 0 aliphatic heterocycles. The molecular formula is C17H15N3. The van der Waals surface area contributed by atoms with Crippen LogP contribution in [-0.2, 0) is 13.0 Å². The van der Waals surface area contributed by atoms with Gasteiger partial charge in [0.25, 0.3) is 0 Å². The highest BCUT2D eigenvalue weighted by Gasteiger charge is 2.06. The summed E-state index contributed by atoms with van der Waals surface area (Å²) in [5, 5.41) is 10.2. The van der Waals surface area contributed by atoms with E-state index in [9.17, 15) is 0 Å². The third kappa shape index (κ3) is 2.17. The second-order valence-corrected chi connectivity index (χ2v) is 4.81. The summed E-state index contributed by atoms with van der Waals surface area (Å²) < 4.78 is 2.24. The molecule has 0 atom stereocenters. The van der Waals surface area contributed by atoms with E-state index < -0.39 is 0 Å². The fraction of sp³-hybridized carbons (Fsp3) is 0.176. The van der Waals surface area contributed by atoms with Crippen LogP contribution >= 0.6 is 0 Å². The lowest BCUT2D eigenvalue weighted by atomic mass is 10.1. The first kappa shape index (κ1) is 12.4. The van der Waals surface area contributed by atoms with Gasteiger partial charge in [0.1, 0.15) is 11.8 Å². The van der Waals surface area contributed by atoms with Crippen LogP contribution in [0.25, 0.3) is 10.9 Å². The molecule has 0 N–H and O–H groups in total. The number of hydrogen-bond donors (Lipinski definition) is 0. The summed E-state index contributed by atoms with van der Waals surface area (Å²) in [5.41, 5.74) is 4.20. The first-order chi connectivity index (χ1) is 9.81. The lowest BCUT2D eigenvalue weighted by Gasteiger charge is -2.09. The number of fused-ring (bicyclic) bond motifs is 1. The largest absolute Gasteiger partial charge is 0.343 e. The van der Waals surface area contributed by atoms with Crippen LogP contribution in [0.1, 0.15) is 23.7 Å². The second kappa shape index (κ2) is 5.18. The Morgan fingerprint density at radius 3 is 2.95 bits per heavy atom. The van der Waals surface area contributed by atoms with E-state index in [1.165, 1.54) is 16.5 Å². The third-order valence-corrected chi connectivity index (χ3v) is 3.54. The summed E-state index contributed by atoms with van der Waals surface area (Å²) in [4.78, 5) is 4.01. The number of para-hydroxylation sites is 1. The Hall–Kier alpha value is -2.60. The fourth-order valence-corrected chi connectivity index (χ4v) is 2.59. The van der Waals surface area contributed by atoms with Gasteiger partial charge in [0.2, 0.25) is 0 Å². The van der Waals surface area contributed by atoms with Crippen molar-refractivity contribution in [2.45, 2.75) is 19.9 Å². The molecule has 0 spiro atoms. The molecule has 2 aromatic heterocycles. The van der Waals surface area contributed by atoms with Crippen LogP contribution in [-0.4, -0.2) is 9.55 Å². The van der Waals surface area contributed by atoms with Crippen LogP contribution in [0, 0.1) is 11.3 Å². The first-order valence-electron chi connectivity index (χ1n) is 6.73. The average molecular weight is 261 g/mol. The Morgan fingerprint density at radius 1 is 1.25 bits per heavy atom. The lowest BCUT2D eigenvalue weighted by molar-refractivity contribution is 0.828. The van der Waals surface area contributed by atoms with Crippen molar-refractivity contribution < 1.29 is 0 Å². The molecule has 0 aliphatic rings. The standard InChI is InChI=1S/C17H15N3/c1-2-14-4-3-5-15-7-9-20(17(14)15)12-13-6-8-19-16(10-13)11-18/h3-10H,2,12H2,1H3. The summed E-state index contributed by atoms with van der Waals surface area (Å²) in [6, 6.07) is 14.4. The van der Waals surface area contributed by atoms with E-state index >= 15 is 0 Å². The summed E-state index contributed by atoms with van der Waals surface area (Å²) in [6.45, 7) is 2.93. The summed E-state index contributed by atoms with van der Waals surface area (Å²) in [5.74, 6) is 0. The minimum absolute atomic E-state index is 0.467. The first-order valence-corrected chi connectivity index (χ1v) is 6.73. The molecule has 0 unspecified atom stereocenters. The minimum atomic E-state index is 0.467. The number of benzene rings is 1. The van der Waals surface area contributed by atoms with Gasteiger partial charge in [-0.1, -0.05) is 25.1 Å². The minimum Gasteiger partial charge on any atom is -0.343 e. The smallest absolute Gasteiger partial charge is 0.140 e. The van der Waals surface area contributed by atoms with E-state index in [0.717, 1.165) is 18.5 Å². The number of nitriles is 1. The molecule has 3 nitrogen and oxygen atoms in total. The Bertz CT molecular complexity index is 793. The number of nitrogens with zero attached hydrogens (tertiary/aromatic N) is 3. The highest BCUT2D eigenvalue weighted by molar-refractivity contribution is 5.83. The van der Waals surface area contributed by atoms with Gasteiger partial charge in [-0.05, 0) is 41.1 Å². The molecule has 0 aliphatic carbocycles. The topological polar surface area (TPSA) is 41.6 Å². The zero-order valence-electron chi connectivity index (χ0n) is 11.4. The fourth-order valence-electron chi connectivity index (χ4n) is 2.59. The normalized spacial score (nSPS) is 10.6.